The monoisotopic (exact) mass is 389 g/mol. The van der Waals surface area contributed by atoms with Crippen molar-refractivity contribution in [2.75, 3.05) is 6.54 Å². The first-order valence-corrected chi connectivity index (χ1v) is 9.79. The zero-order valence-electron chi connectivity index (χ0n) is 13.2. The van der Waals surface area contributed by atoms with E-state index in [0.29, 0.717) is 5.02 Å². The second-order valence-corrected chi connectivity index (χ2v) is 7.56. The molecule has 3 rings (SSSR count). The third kappa shape index (κ3) is 4.19. The van der Waals surface area contributed by atoms with Gasteiger partial charge in [0.1, 0.15) is 5.60 Å². The van der Waals surface area contributed by atoms with Crippen molar-refractivity contribution in [1.29, 1.82) is 0 Å². The summed E-state index contributed by atoms with van der Waals surface area (Å²) in [6, 6.07) is 12.9. The van der Waals surface area contributed by atoms with Crippen molar-refractivity contribution in [1.82, 2.24) is 5.32 Å². The highest BCUT2D eigenvalue weighted by Gasteiger charge is 2.33. The van der Waals surface area contributed by atoms with E-state index in [1.165, 1.54) is 28.7 Å². The van der Waals surface area contributed by atoms with Crippen LogP contribution in [0, 0.1) is 0 Å². The molecule has 0 spiro atoms. The van der Waals surface area contributed by atoms with Crippen LogP contribution in [-0.2, 0) is 10.4 Å². The SMILES string of the molecule is O=C(/C=C/c1ccccc1Cl)NCC(O)(c1ccsc1)c1cccs1. The van der Waals surface area contributed by atoms with E-state index < -0.39 is 5.60 Å². The molecule has 0 aliphatic rings. The standard InChI is InChI=1S/C19H16ClNO2S2/c20-16-5-2-1-4-14(16)7-8-18(22)21-13-19(23,15-9-11-24-12-15)17-6-3-10-25-17/h1-12,23H,13H2,(H,21,22)/b8-7+. The molecule has 3 aromatic rings. The molecule has 0 saturated heterocycles. The molecule has 0 bridgehead atoms. The average molecular weight is 390 g/mol. The van der Waals surface area contributed by atoms with Crippen molar-refractivity contribution in [3.05, 3.63) is 85.7 Å². The second-order valence-electron chi connectivity index (χ2n) is 5.42. The second kappa shape index (κ2) is 7.97. The van der Waals surface area contributed by atoms with E-state index in [1.54, 1.807) is 12.1 Å². The van der Waals surface area contributed by atoms with Gasteiger partial charge in [0.2, 0.25) is 5.91 Å². The van der Waals surface area contributed by atoms with Crippen LogP contribution in [0.25, 0.3) is 6.08 Å². The molecular weight excluding hydrogens is 374 g/mol. The number of nitrogens with one attached hydrogen (secondary N) is 1. The van der Waals surface area contributed by atoms with Crippen molar-refractivity contribution in [2.45, 2.75) is 5.60 Å². The van der Waals surface area contributed by atoms with Gasteiger partial charge >= 0.3 is 0 Å². The summed E-state index contributed by atoms with van der Waals surface area (Å²) in [6.07, 6.45) is 3.08. The van der Waals surface area contributed by atoms with Gasteiger partial charge in [0.25, 0.3) is 0 Å². The third-order valence-corrected chi connectivity index (χ3v) is 5.81. The molecule has 0 aliphatic heterocycles. The lowest BCUT2D eigenvalue weighted by Gasteiger charge is -2.26. The molecule has 3 nitrogen and oxygen atoms in total. The van der Waals surface area contributed by atoms with Gasteiger partial charge in [0.05, 0.1) is 6.54 Å². The van der Waals surface area contributed by atoms with Gasteiger partial charge in [-0.15, -0.1) is 11.3 Å². The van der Waals surface area contributed by atoms with Crippen LogP contribution in [0.5, 0.6) is 0 Å². The summed E-state index contributed by atoms with van der Waals surface area (Å²) in [5.74, 6) is -0.287. The Morgan fingerprint density at radius 2 is 2.04 bits per heavy atom. The van der Waals surface area contributed by atoms with Crippen molar-refractivity contribution >= 4 is 46.3 Å². The first-order valence-electron chi connectivity index (χ1n) is 7.59. The Morgan fingerprint density at radius 1 is 1.20 bits per heavy atom. The molecule has 1 atom stereocenters. The van der Waals surface area contributed by atoms with Gasteiger partial charge in [-0.1, -0.05) is 35.9 Å². The van der Waals surface area contributed by atoms with Crippen LogP contribution in [0.15, 0.2) is 64.7 Å². The Bertz CT molecular complexity index is 823. The van der Waals surface area contributed by atoms with Gasteiger partial charge in [-0.05, 0) is 46.0 Å². The fourth-order valence-electron chi connectivity index (χ4n) is 2.39. The maximum atomic E-state index is 12.2. The summed E-state index contributed by atoms with van der Waals surface area (Å²) in [7, 11) is 0. The highest BCUT2D eigenvalue weighted by Crippen LogP contribution is 2.33. The van der Waals surface area contributed by atoms with E-state index in [2.05, 4.69) is 5.32 Å². The molecule has 1 aromatic carbocycles. The number of amides is 1. The number of rotatable bonds is 6. The number of thiophene rings is 2. The smallest absolute Gasteiger partial charge is 0.244 e. The summed E-state index contributed by atoms with van der Waals surface area (Å²) in [5, 5.41) is 20.2. The first kappa shape index (κ1) is 17.9. The van der Waals surface area contributed by atoms with Crippen LogP contribution in [0.3, 0.4) is 0 Å². The Morgan fingerprint density at radius 3 is 2.72 bits per heavy atom. The van der Waals surface area contributed by atoms with Crippen LogP contribution in [0.1, 0.15) is 16.0 Å². The Kier molecular flexibility index (Phi) is 5.71. The van der Waals surface area contributed by atoms with Gasteiger partial charge in [-0.25, -0.2) is 0 Å². The summed E-state index contributed by atoms with van der Waals surface area (Å²) < 4.78 is 0. The largest absolute Gasteiger partial charge is 0.378 e. The van der Waals surface area contributed by atoms with Gasteiger partial charge < -0.3 is 10.4 Å². The van der Waals surface area contributed by atoms with Crippen LogP contribution >= 0.6 is 34.3 Å². The lowest BCUT2D eigenvalue weighted by Crippen LogP contribution is -2.40. The number of halogens is 1. The Hall–Kier alpha value is -1.92. The van der Waals surface area contributed by atoms with E-state index in [0.717, 1.165) is 16.0 Å². The zero-order valence-corrected chi connectivity index (χ0v) is 15.6. The van der Waals surface area contributed by atoms with Crippen LogP contribution in [-0.4, -0.2) is 17.6 Å². The summed E-state index contributed by atoms with van der Waals surface area (Å²) in [5.41, 5.74) is 0.309. The predicted octanol–water partition coefficient (Wildman–Crippen LogP) is 4.53. The number of carbonyl (C=O) groups is 1. The van der Waals surface area contributed by atoms with Gasteiger partial charge in [0, 0.05) is 21.5 Å². The molecule has 128 valence electrons. The topological polar surface area (TPSA) is 49.3 Å². The number of hydrogen-bond donors (Lipinski definition) is 2. The quantitative estimate of drug-likeness (QED) is 0.608. The zero-order chi connectivity index (χ0) is 17.7. The third-order valence-electron chi connectivity index (χ3n) is 3.77. The van der Waals surface area contributed by atoms with Gasteiger partial charge in [-0.2, -0.15) is 11.3 Å². The van der Waals surface area contributed by atoms with E-state index in [9.17, 15) is 9.90 Å². The van der Waals surface area contributed by atoms with Gasteiger partial charge in [-0.3, -0.25) is 4.79 Å². The van der Waals surface area contributed by atoms with Crippen molar-refractivity contribution in [2.24, 2.45) is 0 Å². The van der Waals surface area contributed by atoms with Gasteiger partial charge in [0.15, 0.2) is 0 Å². The van der Waals surface area contributed by atoms with Crippen molar-refractivity contribution in [3.8, 4) is 0 Å². The molecule has 2 aromatic heterocycles. The van der Waals surface area contributed by atoms with Crippen LogP contribution in [0.2, 0.25) is 5.02 Å². The number of benzene rings is 1. The molecule has 0 fully saturated rings. The average Bonchev–Trinajstić information content (AvgIpc) is 3.32. The molecule has 0 saturated carbocycles. The fourth-order valence-corrected chi connectivity index (χ4v) is 4.16. The first-order chi connectivity index (χ1) is 12.1. The van der Waals surface area contributed by atoms with E-state index in [1.807, 2.05) is 52.5 Å². The van der Waals surface area contributed by atoms with E-state index in [4.69, 9.17) is 11.6 Å². The molecule has 25 heavy (non-hydrogen) atoms. The molecule has 1 amide bonds. The van der Waals surface area contributed by atoms with E-state index in [-0.39, 0.29) is 12.5 Å². The molecule has 6 heteroatoms. The number of carbonyl (C=O) groups excluding carboxylic acids is 1. The number of hydrogen-bond acceptors (Lipinski definition) is 4. The lowest BCUT2D eigenvalue weighted by atomic mass is 9.94. The molecule has 2 N–H and O–H groups in total. The minimum Gasteiger partial charge on any atom is -0.378 e. The van der Waals surface area contributed by atoms with Crippen molar-refractivity contribution in [3.63, 3.8) is 0 Å². The minimum absolute atomic E-state index is 0.0932. The normalized spacial score (nSPS) is 13.7. The van der Waals surface area contributed by atoms with Crippen LogP contribution < -0.4 is 5.32 Å². The highest BCUT2D eigenvalue weighted by molar-refractivity contribution is 7.10. The molecule has 0 radical (unpaired) electrons. The maximum absolute atomic E-state index is 12.2. The summed E-state index contributed by atoms with van der Waals surface area (Å²) in [4.78, 5) is 13.0. The predicted molar refractivity (Wildman–Crippen MR) is 105 cm³/mol. The Labute approximate surface area is 159 Å². The van der Waals surface area contributed by atoms with Crippen molar-refractivity contribution < 1.29 is 9.90 Å². The molecule has 2 heterocycles. The van der Waals surface area contributed by atoms with Crippen LogP contribution in [0.4, 0.5) is 0 Å². The fraction of sp³-hybridized carbons (Fsp3) is 0.105. The molecule has 1 unspecified atom stereocenters. The Balaban J connectivity index is 1.72. The summed E-state index contributed by atoms with van der Waals surface area (Å²) >= 11 is 9.04. The minimum atomic E-state index is -1.23. The number of aliphatic hydroxyl groups is 1. The molecular formula is C19H16ClNO2S2. The van der Waals surface area contributed by atoms with E-state index >= 15 is 0 Å². The summed E-state index contributed by atoms with van der Waals surface area (Å²) in [6.45, 7) is 0.0932. The lowest BCUT2D eigenvalue weighted by molar-refractivity contribution is -0.117. The highest BCUT2D eigenvalue weighted by atomic mass is 35.5. The maximum Gasteiger partial charge on any atom is 0.244 e. The molecule has 0 aliphatic carbocycles.